The van der Waals surface area contributed by atoms with E-state index in [1.165, 1.54) is 0 Å². The molecule has 0 spiro atoms. The first-order chi connectivity index (χ1) is 9.77. The Kier molecular flexibility index (Phi) is 5.43. The Morgan fingerprint density at radius 3 is 2.75 bits per heavy atom. The minimum absolute atomic E-state index is 0.199. The minimum atomic E-state index is -0.969. The predicted octanol–water partition coefficient (Wildman–Crippen LogP) is 3.34. The molecule has 0 aliphatic carbocycles. The molecule has 0 unspecified atom stereocenters. The van der Waals surface area contributed by atoms with Gasteiger partial charge < -0.3 is 9.84 Å². The zero-order valence-corrected chi connectivity index (χ0v) is 11.7. The van der Waals surface area contributed by atoms with E-state index >= 15 is 0 Å². The highest BCUT2D eigenvalue weighted by Crippen LogP contribution is 2.19. The van der Waals surface area contributed by atoms with E-state index in [-0.39, 0.29) is 5.56 Å². The van der Waals surface area contributed by atoms with Gasteiger partial charge in [0, 0.05) is 11.9 Å². The van der Waals surface area contributed by atoms with Gasteiger partial charge in [-0.2, -0.15) is 0 Å². The van der Waals surface area contributed by atoms with Crippen LogP contribution >= 0.6 is 11.8 Å². The Morgan fingerprint density at radius 2 is 2.00 bits per heavy atom. The molecule has 2 rings (SSSR count). The number of pyridine rings is 1. The zero-order valence-electron chi connectivity index (χ0n) is 10.9. The van der Waals surface area contributed by atoms with Crippen LogP contribution in [-0.2, 0) is 0 Å². The van der Waals surface area contributed by atoms with Gasteiger partial charge in [0.05, 0.1) is 11.6 Å². The van der Waals surface area contributed by atoms with E-state index < -0.39 is 5.97 Å². The Morgan fingerprint density at radius 1 is 1.20 bits per heavy atom. The normalized spacial score (nSPS) is 10.2. The number of benzene rings is 1. The lowest BCUT2D eigenvalue weighted by atomic mass is 10.2. The van der Waals surface area contributed by atoms with Gasteiger partial charge in [0.25, 0.3) is 0 Å². The molecule has 0 bridgehead atoms. The number of carboxylic acid groups (broad SMARTS) is 1. The smallest absolute Gasteiger partial charge is 0.339 e. The van der Waals surface area contributed by atoms with Gasteiger partial charge >= 0.3 is 5.97 Å². The molecule has 0 radical (unpaired) electrons. The van der Waals surface area contributed by atoms with Crippen LogP contribution < -0.4 is 4.74 Å². The summed E-state index contributed by atoms with van der Waals surface area (Å²) in [5.74, 6) is 0.331. The van der Waals surface area contributed by atoms with E-state index in [2.05, 4.69) is 4.98 Å². The summed E-state index contributed by atoms with van der Waals surface area (Å²) in [6.07, 6.45) is 2.59. The van der Waals surface area contributed by atoms with Gasteiger partial charge in [-0.1, -0.05) is 18.2 Å². The Labute approximate surface area is 121 Å². The molecule has 20 heavy (non-hydrogen) atoms. The van der Waals surface area contributed by atoms with Crippen LogP contribution in [-0.4, -0.2) is 28.4 Å². The van der Waals surface area contributed by atoms with Gasteiger partial charge in [-0.3, -0.25) is 0 Å². The molecule has 0 atom stereocenters. The van der Waals surface area contributed by atoms with Crippen LogP contribution in [0.3, 0.4) is 0 Å². The third-order valence-electron chi connectivity index (χ3n) is 2.55. The SMILES string of the molecule is O=C(O)c1ccccc1OCCCSc1ccccn1. The summed E-state index contributed by atoms with van der Waals surface area (Å²) in [5, 5.41) is 10.0. The van der Waals surface area contributed by atoms with Gasteiger partial charge in [-0.25, -0.2) is 9.78 Å². The monoisotopic (exact) mass is 289 g/mol. The number of carbonyl (C=O) groups is 1. The molecule has 1 aromatic heterocycles. The number of aromatic nitrogens is 1. The van der Waals surface area contributed by atoms with E-state index in [1.807, 2.05) is 18.2 Å². The van der Waals surface area contributed by atoms with Crippen LogP contribution in [0.15, 0.2) is 53.7 Å². The Bertz CT molecular complexity index is 560. The van der Waals surface area contributed by atoms with Crippen molar-refractivity contribution in [2.75, 3.05) is 12.4 Å². The van der Waals surface area contributed by atoms with Gasteiger partial charge in [0.2, 0.25) is 0 Å². The molecule has 0 amide bonds. The number of rotatable bonds is 7. The summed E-state index contributed by atoms with van der Waals surface area (Å²) in [6, 6.07) is 12.5. The summed E-state index contributed by atoms with van der Waals surface area (Å²) in [5.41, 5.74) is 0.199. The van der Waals surface area contributed by atoms with Crippen molar-refractivity contribution in [3.8, 4) is 5.75 Å². The average molecular weight is 289 g/mol. The number of thioether (sulfide) groups is 1. The topological polar surface area (TPSA) is 59.4 Å². The summed E-state index contributed by atoms with van der Waals surface area (Å²) in [7, 11) is 0. The van der Waals surface area contributed by atoms with Crippen molar-refractivity contribution in [2.45, 2.75) is 11.4 Å². The fraction of sp³-hybridized carbons (Fsp3) is 0.200. The Hall–Kier alpha value is -2.01. The molecule has 0 saturated heterocycles. The lowest BCUT2D eigenvalue weighted by molar-refractivity contribution is 0.0692. The lowest BCUT2D eigenvalue weighted by Crippen LogP contribution is -2.04. The molecule has 5 heteroatoms. The fourth-order valence-electron chi connectivity index (χ4n) is 1.62. The molecular formula is C15H15NO3S. The number of nitrogens with zero attached hydrogens (tertiary/aromatic N) is 1. The van der Waals surface area contributed by atoms with E-state index in [0.717, 1.165) is 17.2 Å². The quantitative estimate of drug-likeness (QED) is 0.625. The number of aromatic carboxylic acids is 1. The van der Waals surface area contributed by atoms with Crippen molar-refractivity contribution in [2.24, 2.45) is 0 Å². The molecule has 0 saturated carbocycles. The van der Waals surface area contributed by atoms with Gasteiger partial charge in [0.15, 0.2) is 0 Å². The third kappa shape index (κ3) is 4.28. The highest BCUT2D eigenvalue weighted by Gasteiger charge is 2.09. The number of ether oxygens (including phenoxy) is 1. The molecule has 1 aromatic carbocycles. The van der Waals surface area contributed by atoms with E-state index in [1.54, 1.807) is 42.2 Å². The second kappa shape index (κ2) is 7.55. The van der Waals surface area contributed by atoms with E-state index in [4.69, 9.17) is 9.84 Å². The second-order valence-electron chi connectivity index (χ2n) is 4.02. The molecule has 2 aromatic rings. The average Bonchev–Trinajstić information content (AvgIpc) is 2.48. The molecule has 0 aliphatic heterocycles. The zero-order chi connectivity index (χ0) is 14.2. The van der Waals surface area contributed by atoms with E-state index in [0.29, 0.717) is 12.4 Å². The van der Waals surface area contributed by atoms with Gasteiger partial charge in [0.1, 0.15) is 11.3 Å². The maximum atomic E-state index is 11.0. The van der Waals surface area contributed by atoms with Crippen LogP contribution in [0, 0.1) is 0 Å². The molecule has 0 aliphatic rings. The summed E-state index contributed by atoms with van der Waals surface area (Å²) in [6.45, 7) is 0.490. The first-order valence-corrected chi connectivity index (χ1v) is 7.25. The highest BCUT2D eigenvalue weighted by atomic mass is 32.2. The third-order valence-corrected chi connectivity index (χ3v) is 3.58. The van der Waals surface area contributed by atoms with Crippen molar-refractivity contribution >= 4 is 17.7 Å². The minimum Gasteiger partial charge on any atom is -0.493 e. The van der Waals surface area contributed by atoms with Crippen molar-refractivity contribution in [3.05, 3.63) is 54.2 Å². The molecule has 4 nitrogen and oxygen atoms in total. The fourth-order valence-corrected chi connectivity index (χ4v) is 2.40. The first-order valence-electron chi connectivity index (χ1n) is 6.26. The van der Waals surface area contributed by atoms with Gasteiger partial charge in [-0.05, 0) is 30.7 Å². The Balaban J connectivity index is 1.75. The van der Waals surface area contributed by atoms with Crippen LogP contribution in [0.5, 0.6) is 5.75 Å². The van der Waals surface area contributed by atoms with Crippen LogP contribution in [0.25, 0.3) is 0 Å². The van der Waals surface area contributed by atoms with Crippen molar-refractivity contribution in [1.82, 2.24) is 4.98 Å². The molecular weight excluding hydrogens is 274 g/mol. The largest absolute Gasteiger partial charge is 0.493 e. The maximum absolute atomic E-state index is 11.0. The first kappa shape index (κ1) is 14.4. The van der Waals surface area contributed by atoms with Crippen LogP contribution in [0.4, 0.5) is 0 Å². The van der Waals surface area contributed by atoms with E-state index in [9.17, 15) is 4.79 Å². The number of carboxylic acids is 1. The maximum Gasteiger partial charge on any atom is 0.339 e. The van der Waals surface area contributed by atoms with Gasteiger partial charge in [-0.15, -0.1) is 11.8 Å². The van der Waals surface area contributed by atoms with Crippen molar-refractivity contribution in [3.63, 3.8) is 0 Å². The summed E-state index contributed by atoms with van der Waals surface area (Å²) >= 11 is 1.66. The molecule has 1 N–H and O–H groups in total. The number of hydrogen-bond acceptors (Lipinski definition) is 4. The molecule has 104 valence electrons. The molecule has 0 fully saturated rings. The van der Waals surface area contributed by atoms with Crippen LogP contribution in [0.2, 0.25) is 0 Å². The standard InChI is InChI=1S/C15H15NO3S/c17-15(18)12-6-1-2-7-13(12)19-10-5-11-20-14-8-3-4-9-16-14/h1-4,6-9H,5,10-11H2,(H,17,18). The number of hydrogen-bond donors (Lipinski definition) is 1. The predicted molar refractivity (Wildman–Crippen MR) is 78.5 cm³/mol. The van der Waals surface area contributed by atoms with Crippen molar-refractivity contribution < 1.29 is 14.6 Å². The number of para-hydroxylation sites is 1. The lowest BCUT2D eigenvalue weighted by Gasteiger charge is -2.08. The van der Waals surface area contributed by atoms with Crippen molar-refractivity contribution in [1.29, 1.82) is 0 Å². The van der Waals surface area contributed by atoms with Crippen LogP contribution in [0.1, 0.15) is 16.8 Å². The second-order valence-corrected chi connectivity index (χ2v) is 5.13. The summed E-state index contributed by atoms with van der Waals surface area (Å²) in [4.78, 5) is 15.2. The highest BCUT2D eigenvalue weighted by molar-refractivity contribution is 7.99. The molecule has 1 heterocycles. The summed E-state index contributed by atoms with van der Waals surface area (Å²) < 4.78 is 5.52.